The van der Waals surface area contributed by atoms with E-state index in [9.17, 15) is 0 Å². The Labute approximate surface area is 150 Å². The summed E-state index contributed by atoms with van der Waals surface area (Å²) in [7, 11) is 1.86. The van der Waals surface area contributed by atoms with Gasteiger partial charge in [-0.15, -0.1) is 0 Å². The fraction of sp³-hybridized carbons (Fsp3) is 0.947. The first kappa shape index (κ1) is 21.2. The lowest BCUT2D eigenvalue weighted by atomic mass is 10.2. The number of likely N-dealkylation sites (tertiary alicyclic amines) is 1. The van der Waals surface area contributed by atoms with Crippen LogP contribution in [0.4, 0.5) is 0 Å². The normalized spacial score (nSPS) is 18.5. The van der Waals surface area contributed by atoms with Crippen molar-refractivity contribution in [1.29, 1.82) is 0 Å². The van der Waals surface area contributed by atoms with Crippen LogP contribution in [-0.2, 0) is 0 Å². The Bertz CT molecular complexity index is 320. The van der Waals surface area contributed by atoms with Crippen molar-refractivity contribution in [1.82, 2.24) is 20.4 Å². The minimum Gasteiger partial charge on any atom is -0.355 e. The summed E-state index contributed by atoms with van der Waals surface area (Å²) in [6.07, 6.45) is 7.94. The lowest BCUT2D eigenvalue weighted by Gasteiger charge is -2.23. The van der Waals surface area contributed by atoms with Crippen LogP contribution >= 0.6 is 0 Å². The maximum Gasteiger partial charge on any atom is 0.191 e. The number of rotatable bonds is 10. The molecule has 1 atom stereocenters. The van der Waals surface area contributed by atoms with Gasteiger partial charge < -0.3 is 20.4 Å². The third-order valence-electron chi connectivity index (χ3n) is 5.03. The summed E-state index contributed by atoms with van der Waals surface area (Å²) in [5.41, 5.74) is 0. The van der Waals surface area contributed by atoms with Crippen molar-refractivity contribution in [2.45, 2.75) is 65.3 Å². The molecule has 1 fully saturated rings. The fourth-order valence-corrected chi connectivity index (χ4v) is 3.35. The summed E-state index contributed by atoms with van der Waals surface area (Å²) in [6.45, 7) is 14.8. The van der Waals surface area contributed by atoms with Crippen LogP contribution in [0.2, 0.25) is 0 Å². The van der Waals surface area contributed by atoms with Gasteiger partial charge in [-0.05, 0) is 65.3 Å². The highest BCUT2D eigenvalue weighted by molar-refractivity contribution is 5.79. The van der Waals surface area contributed by atoms with Gasteiger partial charge in [-0.1, -0.05) is 26.7 Å². The van der Waals surface area contributed by atoms with E-state index in [0.29, 0.717) is 6.04 Å². The lowest BCUT2D eigenvalue weighted by molar-refractivity contribution is 0.288. The third kappa shape index (κ3) is 9.48. The van der Waals surface area contributed by atoms with Gasteiger partial charge in [0, 0.05) is 26.2 Å². The van der Waals surface area contributed by atoms with Crippen molar-refractivity contribution in [3.8, 4) is 0 Å². The van der Waals surface area contributed by atoms with Gasteiger partial charge >= 0.3 is 0 Å². The van der Waals surface area contributed by atoms with Crippen molar-refractivity contribution in [3.63, 3.8) is 0 Å². The second kappa shape index (κ2) is 13.5. The van der Waals surface area contributed by atoms with Gasteiger partial charge in [0.05, 0.1) is 0 Å². The predicted molar refractivity (Wildman–Crippen MR) is 106 cm³/mol. The van der Waals surface area contributed by atoms with E-state index >= 15 is 0 Å². The Morgan fingerprint density at radius 1 is 1.12 bits per heavy atom. The number of nitrogens with zero attached hydrogens (tertiary/aromatic N) is 3. The molecule has 2 N–H and O–H groups in total. The molecule has 5 heteroatoms. The predicted octanol–water partition coefficient (Wildman–Crippen LogP) is 2.54. The van der Waals surface area contributed by atoms with Gasteiger partial charge in [0.15, 0.2) is 5.96 Å². The average Bonchev–Trinajstić information content (AvgIpc) is 2.86. The van der Waals surface area contributed by atoms with Gasteiger partial charge in [0.25, 0.3) is 0 Å². The molecule has 5 nitrogen and oxygen atoms in total. The number of aliphatic imine (C=N–C) groups is 1. The third-order valence-corrected chi connectivity index (χ3v) is 5.03. The summed E-state index contributed by atoms with van der Waals surface area (Å²) in [6, 6.07) is 0.463. The van der Waals surface area contributed by atoms with Gasteiger partial charge in [0.2, 0.25) is 0 Å². The fourth-order valence-electron chi connectivity index (χ4n) is 3.35. The topological polar surface area (TPSA) is 42.9 Å². The van der Waals surface area contributed by atoms with Crippen molar-refractivity contribution in [3.05, 3.63) is 0 Å². The molecule has 1 saturated heterocycles. The van der Waals surface area contributed by atoms with Crippen LogP contribution in [0.15, 0.2) is 4.99 Å². The molecule has 1 aliphatic rings. The zero-order valence-corrected chi connectivity index (χ0v) is 16.6. The molecule has 0 amide bonds. The first-order valence-electron chi connectivity index (χ1n) is 10.1. The van der Waals surface area contributed by atoms with Crippen molar-refractivity contribution >= 4 is 5.96 Å². The van der Waals surface area contributed by atoms with E-state index in [-0.39, 0.29) is 0 Å². The molecule has 0 spiro atoms. The van der Waals surface area contributed by atoms with E-state index < -0.39 is 0 Å². The second-order valence-electron chi connectivity index (χ2n) is 6.97. The smallest absolute Gasteiger partial charge is 0.191 e. The molecule has 1 heterocycles. The zero-order chi connectivity index (χ0) is 17.6. The van der Waals surface area contributed by atoms with Crippen LogP contribution in [0.3, 0.4) is 0 Å². The van der Waals surface area contributed by atoms with E-state index in [2.05, 4.69) is 46.2 Å². The lowest BCUT2D eigenvalue weighted by Crippen LogP contribution is -2.45. The molecule has 0 aromatic carbocycles. The molecule has 0 bridgehead atoms. The van der Waals surface area contributed by atoms with E-state index in [1.54, 1.807) is 0 Å². The number of nitrogens with one attached hydrogen (secondary N) is 2. The molecule has 0 radical (unpaired) electrons. The molecule has 0 saturated carbocycles. The standard InChI is InChI=1S/C19H41N5/c1-5-23(6-2)16-11-12-18(3)22-19(20-4)21-13-17-24-14-9-7-8-10-15-24/h18H,5-17H2,1-4H3,(H2,20,21,22). The summed E-state index contributed by atoms with van der Waals surface area (Å²) in [4.78, 5) is 9.44. The maximum atomic E-state index is 4.37. The van der Waals surface area contributed by atoms with Gasteiger partial charge in [0.1, 0.15) is 0 Å². The van der Waals surface area contributed by atoms with E-state index in [1.807, 2.05) is 7.05 Å². The highest BCUT2D eigenvalue weighted by Crippen LogP contribution is 2.08. The minimum absolute atomic E-state index is 0.463. The van der Waals surface area contributed by atoms with Crippen LogP contribution in [-0.4, -0.2) is 74.7 Å². The molecule has 1 unspecified atom stereocenters. The molecule has 1 aliphatic heterocycles. The Hall–Kier alpha value is -0.810. The zero-order valence-electron chi connectivity index (χ0n) is 16.6. The highest BCUT2D eigenvalue weighted by Gasteiger charge is 2.10. The van der Waals surface area contributed by atoms with Crippen molar-refractivity contribution in [2.75, 3.05) is 52.9 Å². The Morgan fingerprint density at radius 3 is 2.38 bits per heavy atom. The maximum absolute atomic E-state index is 4.37. The molecule has 0 aliphatic carbocycles. The van der Waals surface area contributed by atoms with E-state index in [0.717, 1.165) is 32.1 Å². The summed E-state index contributed by atoms with van der Waals surface area (Å²) in [5.74, 6) is 0.945. The summed E-state index contributed by atoms with van der Waals surface area (Å²) in [5, 5.41) is 7.00. The van der Waals surface area contributed by atoms with Gasteiger partial charge in [-0.3, -0.25) is 4.99 Å². The number of hydrogen-bond acceptors (Lipinski definition) is 3. The molecule has 24 heavy (non-hydrogen) atoms. The van der Waals surface area contributed by atoms with Crippen molar-refractivity contribution < 1.29 is 0 Å². The van der Waals surface area contributed by atoms with Gasteiger partial charge in [-0.25, -0.2) is 0 Å². The van der Waals surface area contributed by atoms with E-state index in [4.69, 9.17) is 0 Å². The van der Waals surface area contributed by atoms with Crippen LogP contribution in [0.25, 0.3) is 0 Å². The SMILES string of the molecule is CCN(CC)CCCC(C)NC(=NC)NCCN1CCCCCC1. The average molecular weight is 340 g/mol. The molecule has 0 aromatic heterocycles. The number of hydrogen-bond donors (Lipinski definition) is 2. The van der Waals surface area contributed by atoms with Crippen LogP contribution in [0.5, 0.6) is 0 Å². The number of guanidine groups is 1. The summed E-state index contributed by atoms with van der Waals surface area (Å²) < 4.78 is 0. The van der Waals surface area contributed by atoms with Crippen molar-refractivity contribution in [2.24, 2.45) is 4.99 Å². The van der Waals surface area contributed by atoms with E-state index in [1.165, 1.54) is 58.2 Å². The van der Waals surface area contributed by atoms with Gasteiger partial charge in [-0.2, -0.15) is 0 Å². The molecule has 142 valence electrons. The highest BCUT2D eigenvalue weighted by atomic mass is 15.2. The Morgan fingerprint density at radius 2 is 1.79 bits per heavy atom. The summed E-state index contributed by atoms with van der Waals surface area (Å²) >= 11 is 0. The molecule has 1 rings (SSSR count). The minimum atomic E-state index is 0.463. The van der Waals surface area contributed by atoms with Crippen LogP contribution in [0, 0.1) is 0 Å². The quantitative estimate of drug-likeness (QED) is 0.474. The van der Waals surface area contributed by atoms with Crippen LogP contribution in [0.1, 0.15) is 59.3 Å². The molecular formula is C19H41N5. The Kier molecular flexibility index (Phi) is 11.9. The first-order chi connectivity index (χ1) is 11.7. The molecule has 0 aromatic rings. The van der Waals surface area contributed by atoms with Crippen LogP contribution < -0.4 is 10.6 Å². The molecular weight excluding hydrogens is 298 g/mol. The Balaban J connectivity index is 2.16. The largest absolute Gasteiger partial charge is 0.355 e. The second-order valence-corrected chi connectivity index (χ2v) is 6.97. The first-order valence-corrected chi connectivity index (χ1v) is 10.1. The monoisotopic (exact) mass is 339 g/mol.